The summed E-state index contributed by atoms with van der Waals surface area (Å²) in [4.78, 5) is 31.3. The van der Waals surface area contributed by atoms with Gasteiger partial charge in [0.2, 0.25) is 0 Å². The van der Waals surface area contributed by atoms with E-state index in [9.17, 15) is 9.59 Å². The number of nitrogens with zero attached hydrogens (tertiary/aromatic N) is 2. The Kier molecular flexibility index (Phi) is 8.11. The fourth-order valence-electron chi connectivity index (χ4n) is 3.98. The average Bonchev–Trinajstić information content (AvgIpc) is 3.23. The third kappa shape index (κ3) is 5.29. The van der Waals surface area contributed by atoms with Crippen LogP contribution in [0.25, 0.3) is 6.08 Å². The highest BCUT2D eigenvalue weighted by Crippen LogP contribution is 2.35. The summed E-state index contributed by atoms with van der Waals surface area (Å²) < 4.78 is 24.0. The molecule has 190 valence electrons. The number of terminal acetylenes is 1. The van der Waals surface area contributed by atoms with Gasteiger partial charge in [-0.25, -0.2) is 9.79 Å². The molecule has 0 radical (unpaired) electrons. The summed E-state index contributed by atoms with van der Waals surface area (Å²) in [7, 11) is 1.29. The van der Waals surface area contributed by atoms with Crippen LogP contribution in [0, 0.1) is 12.3 Å². The number of fused-ring (bicyclic) bond motifs is 1. The Morgan fingerprint density at radius 3 is 2.59 bits per heavy atom. The minimum atomic E-state index is -0.770. The molecule has 0 N–H and O–H groups in total. The molecule has 9 heteroatoms. The van der Waals surface area contributed by atoms with Gasteiger partial charge in [-0.3, -0.25) is 9.36 Å². The summed E-state index contributed by atoms with van der Waals surface area (Å²) >= 11 is 1.21. The normalized spacial score (nSPS) is 14.6. The fourth-order valence-corrected chi connectivity index (χ4v) is 4.94. The molecule has 0 spiro atoms. The van der Waals surface area contributed by atoms with Gasteiger partial charge in [0.25, 0.3) is 5.56 Å². The van der Waals surface area contributed by atoms with Crippen molar-refractivity contribution in [3.63, 3.8) is 0 Å². The van der Waals surface area contributed by atoms with Crippen LogP contribution in [0.1, 0.15) is 31.0 Å². The molecular formula is C28H26N2O6S. The molecule has 1 aliphatic heterocycles. The number of hydrogen-bond donors (Lipinski definition) is 0. The molecule has 0 saturated heterocycles. The van der Waals surface area contributed by atoms with Crippen LogP contribution in [-0.2, 0) is 9.53 Å². The molecule has 2 heterocycles. The Balaban J connectivity index is 1.89. The van der Waals surface area contributed by atoms with Gasteiger partial charge >= 0.3 is 5.97 Å². The number of methoxy groups -OCH3 is 1. The first kappa shape index (κ1) is 25.8. The number of esters is 1. The van der Waals surface area contributed by atoms with Crippen molar-refractivity contribution in [1.29, 1.82) is 0 Å². The van der Waals surface area contributed by atoms with Crippen LogP contribution in [0.15, 0.2) is 64.0 Å². The molecule has 0 bridgehead atoms. The second kappa shape index (κ2) is 11.6. The lowest BCUT2D eigenvalue weighted by molar-refractivity contribution is -0.136. The van der Waals surface area contributed by atoms with Crippen molar-refractivity contribution in [2.75, 3.05) is 26.9 Å². The van der Waals surface area contributed by atoms with E-state index in [2.05, 4.69) is 10.9 Å². The van der Waals surface area contributed by atoms with E-state index in [1.165, 1.54) is 29.2 Å². The quantitative estimate of drug-likeness (QED) is 0.320. The zero-order chi connectivity index (χ0) is 26.4. The van der Waals surface area contributed by atoms with Crippen molar-refractivity contribution in [3.8, 4) is 29.6 Å². The van der Waals surface area contributed by atoms with Gasteiger partial charge in [-0.15, -0.1) is 6.42 Å². The predicted octanol–water partition coefficient (Wildman–Crippen LogP) is 2.83. The first-order chi connectivity index (χ1) is 18.0. The van der Waals surface area contributed by atoms with Gasteiger partial charge in [0, 0.05) is 11.8 Å². The Labute approximate surface area is 218 Å². The van der Waals surface area contributed by atoms with Gasteiger partial charge < -0.3 is 18.9 Å². The lowest BCUT2D eigenvalue weighted by Crippen LogP contribution is -2.39. The highest BCUT2D eigenvalue weighted by molar-refractivity contribution is 7.07. The second-order valence-corrected chi connectivity index (χ2v) is 8.79. The van der Waals surface area contributed by atoms with Crippen LogP contribution in [0.2, 0.25) is 0 Å². The van der Waals surface area contributed by atoms with E-state index in [0.29, 0.717) is 50.9 Å². The number of carbonyl (C=O) groups excluding carboxylic acids is 1. The molecule has 37 heavy (non-hydrogen) atoms. The highest BCUT2D eigenvalue weighted by atomic mass is 32.1. The molecule has 1 atom stereocenters. The standard InChI is InChI=1S/C28H26N2O6S/c1-5-14-36-21-11-9-8-10-18(21)16-24-26(31)30-25(20(27(32)33-4)17-29-28(30)37-24)19-12-13-22(34-6-2)23(15-19)35-7-3/h1,8-13,15-17,25H,6-7,14H2,2-4H3/b24-16+/t25-/m0/s1. The van der Waals surface area contributed by atoms with Gasteiger partial charge in [-0.05, 0) is 43.7 Å². The second-order valence-electron chi connectivity index (χ2n) is 7.78. The maximum atomic E-state index is 13.7. The van der Waals surface area contributed by atoms with Gasteiger partial charge in [0.05, 0.1) is 36.5 Å². The van der Waals surface area contributed by atoms with Crippen LogP contribution < -0.4 is 29.1 Å². The maximum absolute atomic E-state index is 13.7. The third-order valence-electron chi connectivity index (χ3n) is 5.52. The SMILES string of the molecule is C#CCOc1ccccc1/C=c1/sc2n(c1=O)[C@@H](c1ccc(OCC)c(OCC)c1)C(C(=O)OC)=CN=2. The lowest BCUT2D eigenvalue weighted by Gasteiger charge is -2.23. The molecular weight excluding hydrogens is 492 g/mol. The summed E-state index contributed by atoms with van der Waals surface area (Å²) in [5.41, 5.74) is 1.28. The number of thiazole rings is 1. The maximum Gasteiger partial charge on any atom is 0.337 e. The summed E-state index contributed by atoms with van der Waals surface area (Å²) in [6.45, 7) is 4.75. The average molecular weight is 519 g/mol. The molecule has 0 saturated carbocycles. The Morgan fingerprint density at radius 1 is 1.11 bits per heavy atom. The smallest absolute Gasteiger partial charge is 0.337 e. The van der Waals surface area contributed by atoms with E-state index in [4.69, 9.17) is 25.4 Å². The summed E-state index contributed by atoms with van der Waals surface area (Å²) in [6, 6.07) is 11.9. The van der Waals surface area contributed by atoms with Crippen molar-refractivity contribution in [1.82, 2.24) is 4.57 Å². The van der Waals surface area contributed by atoms with Crippen molar-refractivity contribution < 1.29 is 23.7 Å². The minimum absolute atomic E-state index is 0.106. The Hall–Kier alpha value is -4.29. The largest absolute Gasteiger partial charge is 0.490 e. The van der Waals surface area contributed by atoms with Gasteiger partial charge in [0.15, 0.2) is 16.3 Å². The lowest BCUT2D eigenvalue weighted by atomic mass is 9.97. The van der Waals surface area contributed by atoms with Crippen LogP contribution in [0.4, 0.5) is 0 Å². The van der Waals surface area contributed by atoms with Gasteiger partial charge in [-0.2, -0.15) is 0 Å². The van der Waals surface area contributed by atoms with Crippen molar-refractivity contribution in [3.05, 3.63) is 85.1 Å². The zero-order valence-corrected chi connectivity index (χ0v) is 21.5. The molecule has 8 nitrogen and oxygen atoms in total. The molecule has 1 aromatic heterocycles. The molecule has 0 unspecified atom stereocenters. The Morgan fingerprint density at radius 2 is 1.86 bits per heavy atom. The first-order valence-corrected chi connectivity index (χ1v) is 12.5. The van der Waals surface area contributed by atoms with Crippen molar-refractivity contribution in [2.45, 2.75) is 19.9 Å². The van der Waals surface area contributed by atoms with E-state index < -0.39 is 12.0 Å². The fraction of sp³-hybridized carbons (Fsp3) is 0.250. The van der Waals surface area contributed by atoms with Gasteiger partial charge in [0.1, 0.15) is 12.4 Å². The first-order valence-electron chi connectivity index (χ1n) is 11.7. The Bertz CT molecular complexity index is 1560. The molecule has 0 fully saturated rings. The zero-order valence-electron chi connectivity index (χ0n) is 20.7. The number of aromatic nitrogens is 1. The molecule has 0 amide bonds. The van der Waals surface area contributed by atoms with E-state index in [1.54, 1.807) is 30.3 Å². The van der Waals surface area contributed by atoms with E-state index >= 15 is 0 Å². The van der Waals surface area contributed by atoms with Crippen molar-refractivity contribution in [2.24, 2.45) is 4.99 Å². The number of para-hydroxylation sites is 1. The summed E-state index contributed by atoms with van der Waals surface area (Å²) in [5.74, 6) is 3.52. The number of benzene rings is 2. The van der Waals surface area contributed by atoms with Crippen molar-refractivity contribution >= 4 is 23.4 Å². The molecule has 1 aliphatic rings. The van der Waals surface area contributed by atoms with Crippen LogP contribution in [0.5, 0.6) is 17.2 Å². The molecule has 2 aromatic carbocycles. The molecule has 3 aromatic rings. The topological polar surface area (TPSA) is 88.3 Å². The highest BCUT2D eigenvalue weighted by Gasteiger charge is 2.31. The summed E-state index contributed by atoms with van der Waals surface area (Å²) in [5, 5.41) is 0. The number of carbonyl (C=O) groups is 1. The van der Waals surface area contributed by atoms with Gasteiger partial charge in [-0.1, -0.05) is 41.5 Å². The molecule has 4 rings (SSSR count). The van der Waals surface area contributed by atoms with Crippen LogP contribution >= 0.6 is 11.3 Å². The number of rotatable bonds is 9. The van der Waals surface area contributed by atoms with Crippen LogP contribution in [0.3, 0.4) is 0 Å². The monoisotopic (exact) mass is 518 g/mol. The van der Waals surface area contributed by atoms with E-state index in [0.717, 1.165) is 0 Å². The predicted molar refractivity (Wildman–Crippen MR) is 141 cm³/mol. The molecule has 0 aliphatic carbocycles. The minimum Gasteiger partial charge on any atom is -0.490 e. The van der Waals surface area contributed by atoms with E-state index in [1.807, 2.05) is 32.0 Å². The van der Waals surface area contributed by atoms with Crippen LogP contribution in [-0.4, -0.2) is 37.5 Å². The summed E-state index contributed by atoms with van der Waals surface area (Å²) in [6.07, 6.45) is 8.52. The third-order valence-corrected chi connectivity index (χ3v) is 6.52. The van der Waals surface area contributed by atoms with E-state index in [-0.39, 0.29) is 17.7 Å². The number of hydrogen-bond acceptors (Lipinski definition) is 8. The number of ether oxygens (including phenoxy) is 4.